The summed E-state index contributed by atoms with van der Waals surface area (Å²) in [5.74, 6) is -0.0281. The number of hydrogen-bond acceptors (Lipinski definition) is 5. The Balaban J connectivity index is 0.000000591. The lowest BCUT2D eigenvalue weighted by atomic mass is 9.88. The van der Waals surface area contributed by atoms with E-state index in [1.165, 1.54) is 34.5 Å². The molecule has 0 spiro atoms. The minimum absolute atomic E-state index is 0.109. The average Bonchev–Trinajstić information content (AvgIpc) is 3.68. The largest absolute Gasteiger partial charge is 0.508 e. The summed E-state index contributed by atoms with van der Waals surface area (Å²) in [5.41, 5.74) is 5.18. The number of phenols is 1. The van der Waals surface area contributed by atoms with Crippen LogP contribution in [0, 0.1) is 11.6 Å². The van der Waals surface area contributed by atoms with Crippen molar-refractivity contribution in [3.8, 4) is 16.9 Å². The van der Waals surface area contributed by atoms with Gasteiger partial charge in [-0.1, -0.05) is 36.4 Å². The van der Waals surface area contributed by atoms with Gasteiger partial charge in [0.25, 0.3) is 0 Å². The molecular weight excluding hydrogens is 617 g/mol. The molecule has 0 amide bonds. The molecule has 0 saturated carbocycles. The molecule has 242 valence electrons. The van der Waals surface area contributed by atoms with Gasteiger partial charge in [0.2, 0.25) is 6.29 Å². The van der Waals surface area contributed by atoms with Crippen LogP contribution in [-0.4, -0.2) is 62.4 Å². The summed E-state index contributed by atoms with van der Waals surface area (Å²) in [7, 11) is 2.16. The van der Waals surface area contributed by atoms with Gasteiger partial charge in [-0.05, 0) is 98.1 Å². The molecule has 2 N–H and O–H groups in total. The number of piperidine rings is 1. The van der Waals surface area contributed by atoms with E-state index in [0.29, 0.717) is 22.6 Å². The molecule has 1 unspecified atom stereocenters. The summed E-state index contributed by atoms with van der Waals surface area (Å²) in [5, 5.41) is 15.8. The zero-order valence-corrected chi connectivity index (χ0v) is 25.2. The topological polar surface area (TPSA) is 87.0 Å². The number of aldehydes is 1. The van der Waals surface area contributed by atoms with Gasteiger partial charge in [-0.15, -0.1) is 0 Å². The number of phenolic OH excluding ortho intramolecular Hbond substituents is 1. The summed E-state index contributed by atoms with van der Waals surface area (Å²) >= 11 is 0. The van der Waals surface area contributed by atoms with E-state index in [-0.39, 0.29) is 11.3 Å². The van der Waals surface area contributed by atoms with Crippen molar-refractivity contribution in [2.45, 2.75) is 31.0 Å². The molecule has 1 atom stereocenters. The van der Waals surface area contributed by atoms with Gasteiger partial charge in [-0.3, -0.25) is 9.48 Å². The van der Waals surface area contributed by atoms with Crippen LogP contribution in [0.3, 0.4) is 0 Å². The SMILES string of the molecule is CN1CCC(c2ccc(-c3cc(F)c4cn(C(c5nc6ccccc6[nH]5)c5cc(F)ccc5O)nc4c3)cc2)CC1.O=CC(F)(F)F. The number of para-hydroxylation sites is 2. The maximum atomic E-state index is 15.5. The normalized spacial score (nSPS) is 15.0. The highest BCUT2D eigenvalue weighted by Gasteiger charge is 2.27. The Morgan fingerprint density at radius 2 is 1.64 bits per heavy atom. The van der Waals surface area contributed by atoms with Crippen molar-refractivity contribution in [1.29, 1.82) is 0 Å². The van der Waals surface area contributed by atoms with Gasteiger partial charge >= 0.3 is 6.18 Å². The predicted octanol–water partition coefficient (Wildman–Crippen LogP) is 7.76. The van der Waals surface area contributed by atoms with Crippen LogP contribution in [0.4, 0.5) is 22.0 Å². The Bertz CT molecular complexity index is 2000. The molecule has 7 nitrogen and oxygen atoms in total. The first-order valence-electron chi connectivity index (χ1n) is 14.9. The van der Waals surface area contributed by atoms with E-state index in [9.17, 15) is 22.7 Å². The minimum Gasteiger partial charge on any atom is -0.508 e. The van der Waals surface area contributed by atoms with Crippen LogP contribution in [0.5, 0.6) is 5.75 Å². The molecule has 1 aliphatic heterocycles. The molecule has 12 heteroatoms. The predicted molar refractivity (Wildman–Crippen MR) is 168 cm³/mol. The first-order valence-corrected chi connectivity index (χ1v) is 14.9. The number of carbonyl (C=O) groups is 1. The van der Waals surface area contributed by atoms with Gasteiger partial charge in [0.15, 0.2) is 0 Å². The number of imidazole rings is 1. The molecule has 2 aromatic heterocycles. The summed E-state index contributed by atoms with van der Waals surface area (Å²) in [6, 6.07) is 22.2. The lowest BCUT2D eigenvalue weighted by Gasteiger charge is -2.29. The second kappa shape index (κ2) is 13.0. The van der Waals surface area contributed by atoms with Gasteiger partial charge in [0, 0.05) is 11.8 Å². The van der Waals surface area contributed by atoms with Crippen LogP contribution in [0.1, 0.15) is 41.8 Å². The van der Waals surface area contributed by atoms with Crippen molar-refractivity contribution in [2.24, 2.45) is 0 Å². The number of hydrogen-bond donors (Lipinski definition) is 2. The second-order valence-corrected chi connectivity index (χ2v) is 11.6. The Morgan fingerprint density at radius 3 is 2.32 bits per heavy atom. The van der Waals surface area contributed by atoms with Gasteiger partial charge in [0.1, 0.15) is 29.3 Å². The Kier molecular flexibility index (Phi) is 8.78. The minimum atomic E-state index is -4.64. The number of aromatic amines is 1. The average molecular weight is 648 g/mol. The molecule has 3 heterocycles. The fourth-order valence-electron chi connectivity index (χ4n) is 5.95. The molecular formula is C35H30F5N5O2. The van der Waals surface area contributed by atoms with Gasteiger partial charge in [-0.25, -0.2) is 13.8 Å². The summed E-state index contributed by atoms with van der Waals surface area (Å²) in [6.45, 7) is 2.19. The second-order valence-electron chi connectivity index (χ2n) is 11.6. The van der Waals surface area contributed by atoms with E-state index in [2.05, 4.69) is 29.1 Å². The maximum absolute atomic E-state index is 15.5. The quantitative estimate of drug-likeness (QED) is 0.148. The van der Waals surface area contributed by atoms with Gasteiger partial charge in [-0.2, -0.15) is 18.3 Å². The zero-order valence-electron chi connectivity index (χ0n) is 25.2. The molecule has 1 fully saturated rings. The smallest absolute Gasteiger partial charge is 0.446 e. The lowest BCUT2D eigenvalue weighted by Crippen LogP contribution is -2.29. The number of benzene rings is 4. The van der Waals surface area contributed by atoms with Crippen LogP contribution in [0.25, 0.3) is 33.1 Å². The van der Waals surface area contributed by atoms with E-state index in [0.717, 1.165) is 48.1 Å². The van der Waals surface area contributed by atoms with Crippen molar-refractivity contribution in [1.82, 2.24) is 24.6 Å². The van der Waals surface area contributed by atoms with E-state index < -0.39 is 30.1 Å². The van der Waals surface area contributed by atoms with Crippen LogP contribution in [0.2, 0.25) is 0 Å². The summed E-state index contributed by atoms with van der Waals surface area (Å²) in [6.07, 6.45) is -1.84. The molecule has 6 aromatic rings. The number of halogens is 5. The third kappa shape index (κ3) is 7.02. The molecule has 7 rings (SSSR count). The van der Waals surface area contributed by atoms with Crippen molar-refractivity contribution >= 4 is 28.2 Å². The zero-order chi connectivity index (χ0) is 33.3. The molecule has 0 bridgehead atoms. The molecule has 0 aliphatic carbocycles. The fourth-order valence-corrected chi connectivity index (χ4v) is 5.95. The number of nitrogens with zero attached hydrogens (tertiary/aromatic N) is 4. The van der Waals surface area contributed by atoms with Gasteiger partial charge in [0.05, 0.1) is 21.9 Å². The Hall–Kier alpha value is -5.10. The molecule has 1 aliphatic rings. The summed E-state index contributed by atoms with van der Waals surface area (Å²) in [4.78, 5) is 19.0. The Labute approximate surface area is 266 Å². The highest BCUT2D eigenvalue weighted by atomic mass is 19.4. The maximum Gasteiger partial charge on any atom is 0.446 e. The number of aromatic hydroxyl groups is 1. The highest BCUT2D eigenvalue weighted by Crippen LogP contribution is 2.36. The molecule has 1 saturated heterocycles. The molecule has 4 aromatic carbocycles. The van der Waals surface area contributed by atoms with E-state index >= 15 is 4.39 Å². The third-order valence-electron chi connectivity index (χ3n) is 8.38. The number of fused-ring (bicyclic) bond motifs is 2. The fraction of sp³-hybridized carbons (Fsp3) is 0.229. The van der Waals surface area contributed by atoms with E-state index in [4.69, 9.17) is 14.9 Å². The van der Waals surface area contributed by atoms with Crippen LogP contribution >= 0.6 is 0 Å². The number of likely N-dealkylation sites (tertiary alicyclic amines) is 1. The van der Waals surface area contributed by atoms with Gasteiger partial charge < -0.3 is 15.0 Å². The third-order valence-corrected chi connectivity index (χ3v) is 8.38. The molecule has 0 radical (unpaired) electrons. The van der Waals surface area contributed by atoms with Crippen molar-refractivity contribution in [3.05, 3.63) is 114 Å². The standard InChI is InChI=1S/C33H29F2N5O.C2HF3O/c1-39-14-12-22(13-15-39)20-6-8-21(9-7-20)23-16-27(35)26-19-40(38-30(26)17-23)32(25-18-24(34)10-11-31(25)41)33-36-28-4-2-3-5-29(28)37-33;3-2(4,5)1-6/h2-11,16-19,22,32,41H,12-15H2,1H3,(H,36,37);1H. The van der Waals surface area contributed by atoms with Crippen LogP contribution in [-0.2, 0) is 4.79 Å². The van der Waals surface area contributed by atoms with Crippen molar-refractivity contribution in [2.75, 3.05) is 20.1 Å². The summed E-state index contributed by atoms with van der Waals surface area (Å²) < 4.78 is 62.7. The van der Waals surface area contributed by atoms with Crippen molar-refractivity contribution < 1.29 is 31.9 Å². The number of rotatable bonds is 5. The van der Waals surface area contributed by atoms with Crippen molar-refractivity contribution in [3.63, 3.8) is 0 Å². The first kappa shape index (κ1) is 31.9. The highest BCUT2D eigenvalue weighted by molar-refractivity contribution is 5.85. The monoisotopic (exact) mass is 647 g/mol. The number of H-pyrrole nitrogens is 1. The number of carbonyl (C=O) groups excluding carboxylic acids is 1. The first-order chi connectivity index (χ1) is 22.5. The van der Waals surface area contributed by atoms with Crippen LogP contribution in [0.15, 0.2) is 85.1 Å². The van der Waals surface area contributed by atoms with E-state index in [1.54, 1.807) is 6.20 Å². The lowest BCUT2D eigenvalue weighted by molar-refractivity contribution is -0.156. The number of nitrogens with one attached hydrogen (secondary N) is 1. The Morgan fingerprint density at radius 1 is 0.936 bits per heavy atom. The number of alkyl halides is 3. The van der Waals surface area contributed by atoms with Crippen LogP contribution < -0.4 is 0 Å². The molecule has 47 heavy (non-hydrogen) atoms. The number of aromatic nitrogens is 4. The van der Waals surface area contributed by atoms with E-state index in [1.807, 2.05) is 42.5 Å².